The first-order chi connectivity index (χ1) is 15.1. The average Bonchev–Trinajstić information content (AvgIpc) is 3.09. The van der Waals surface area contributed by atoms with E-state index in [4.69, 9.17) is 10.5 Å². The van der Waals surface area contributed by atoms with Gasteiger partial charge in [-0.3, -0.25) is 9.69 Å². The maximum absolute atomic E-state index is 12.3. The van der Waals surface area contributed by atoms with Crippen molar-refractivity contribution < 1.29 is 19.4 Å². The van der Waals surface area contributed by atoms with E-state index in [0.717, 1.165) is 27.4 Å². The summed E-state index contributed by atoms with van der Waals surface area (Å²) in [7, 11) is 1.60. The molecule has 0 radical (unpaired) electrons. The molecular weight excluding hydrogens is 406 g/mol. The topological polar surface area (TPSA) is 109 Å². The minimum Gasteiger partial charge on any atom is -0.497 e. The number of carboxylic acid groups (broad SMARTS) is 1. The standard InChI is InChI=1S/C25H25N3O4/c1-25(2,3)28(24(30)31)16-8-9-18-19-11-15(14-6-5-7-17(10-14)32-4)12-20(23(26)29)22(19)27-21(18)13-16/h5-13,27H,1-4H3,(H2,26,29)(H,30,31). The zero-order valence-corrected chi connectivity index (χ0v) is 18.4. The van der Waals surface area contributed by atoms with E-state index in [-0.39, 0.29) is 0 Å². The quantitative estimate of drug-likeness (QED) is 0.403. The summed E-state index contributed by atoms with van der Waals surface area (Å²) in [6.07, 6.45) is -1.04. The number of methoxy groups -OCH3 is 1. The van der Waals surface area contributed by atoms with E-state index in [0.29, 0.717) is 22.5 Å². The number of benzene rings is 3. The highest BCUT2D eigenvalue weighted by Crippen LogP contribution is 2.36. The van der Waals surface area contributed by atoms with Gasteiger partial charge in [0.15, 0.2) is 0 Å². The van der Waals surface area contributed by atoms with Gasteiger partial charge in [-0.05, 0) is 68.3 Å². The summed E-state index contributed by atoms with van der Waals surface area (Å²) < 4.78 is 5.33. The van der Waals surface area contributed by atoms with Crippen molar-refractivity contribution in [1.29, 1.82) is 0 Å². The van der Waals surface area contributed by atoms with Crippen molar-refractivity contribution in [3.05, 3.63) is 60.2 Å². The molecule has 2 amide bonds. The van der Waals surface area contributed by atoms with Gasteiger partial charge < -0.3 is 20.6 Å². The molecule has 7 heteroatoms. The van der Waals surface area contributed by atoms with Gasteiger partial charge in [-0.2, -0.15) is 0 Å². The lowest BCUT2D eigenvalue weighted by atomic mass is 9.98. The van der Waals surface area contributed by atoms with Crippen LogP contribution >= 0.6 is 0 Å². The first-order valence-electron chi connectivity index (χ1n) is 10.2. The van der Waals surface area contributed by atoms with E-state index in [1.54, 1.807) is 25.3 Å². The Morgan fingerprint density at radius 1 is 1.00 bits per heavy atom. The number of hydrogen-bond acceptors (Lipinski definition) is 3. The molecule has 0 aliphatic rings. The number of carbonyl (C=O) groups excluding carboxylic acids is 1. The maximum Gasteiger partial charge on any atom is 0.412 e. The monoisotopic (exact) mass is 431 g/mol. The van der Waals surface area contributed by atoms with Crippen LogP contribution in [0.3, 0.4) is 0 Å². The number of nitrogens with zero attached hydrogens (tertiary/aromatic N) is 1. The molecule has 0 aliphatic heterocycles. The fourth-order valence-electron chi connectivity index (χ4n) is 4.08. The number of nitrogens with two attached hydrogens (primary N) is 1. The number of anilines is 1. The Hall–Kier alpha value is -4.00. The Balaban J connectivity index is 1.96. The van der Waals surface area contributed by atoms with Gasteiger partial charge in [-0.1, -0.05) is 18.2 Å². The molecule has 4 N–H and O–H groups in total. The molecule has 0 atom stereocenters. The van der Waals surface area contributed by atoms with Crippen LogP contribution in [0.4, 0.5) is 10.5 Å². The van der Waals surface area contributed by atoms with Crippen molar-refractivity contribution >= 4 is 39.5 Å². The third kappa shape index (κ3) is 3.62. The Labute approximate surface area is 185 Å². The number of aromatic nitrogens is 1. The molecule has 0 fully saturated rings. The summed E-state index contributed by atoms with van der Waals surface area (Å²) in [6.45, 7) is 5.51. The molecule has 1 aromatic heterocycles. The fraction of sp³-hybridized carbons (Fsp3) is 0.200. The molecule has 0 spiro atoms. The smallest absolute Gasteiger partial charge is 0.412 e. The zero-order valence-electron chi connectivity index (χ0n) is 18.4. The van der Waals surface area contributed by atoms with Crippen LogP contribution in [0.15, 0.2) is 54.6 Å². The van der Waals surface area contributed by atoms with E-state index in [9.17, 15) is 14.7 Å². The van der Waals surface area contributed by atoms with Gasteiger partial charge in [0.25, 0.3) is 5.91 Å². The highest BCUT2D eigenvalue weighted by Gasteiger charge is 2.28. The maximum atomic E-state index is 12.3. The zero-order chi connectivity index (χ0) is 23.2. The van der Waals surface area contributed by atoms with E-state index >= 15 is 0 Å². The summed E-state index contributed by atoms with van der Waals surface area (Å²) in [5, 5.41) is 11.4. The SMILES string of the molecule is COc1cccc(-c2cc(C(N)=O)c3[nH]c4cc(N(C(=O)O)C(C)(C)C)ccc4c3c2)c1. The van der Waals surface area contributed by atoms with Crippen LogP contribution in [0.1, 0.15) is 31.1 Å². The highest BCUT2D eigenvalue weighted by molar-refractivity contribution is 6.16. The lowest BCUT2D eigenvalue weighted by Gasteiger charge is -2.33. The van der Waals surface area contributed by atoms with Gasteiger partial charge in [0, 0.05) is 27.5 Å². The number of amides is 2. The second kappa shape index (κ2) is 7.60. The third-order valence-corrected chi connectivity index (χ3v) is 5.48. The van der Waals surface area contributed by atoms with Crippen molar-refractivity contribution in [1.82, 2.24) is 4.98 Å². The minimum atomic E-state index is -1.04. The van der Waals surface area contributed by atoms with Crippen molar-refractivity contribution in [2.75, 3.05) is 12.0 Å². The van der Waals surface area contributed by atoms with Crippen molar-refractivity contribution in [2.45, 2.75) is 26.3 Å². The first kappa shape index (κ1) is 21.2. The normalized spacial score (nSPS) is 11.6. The molecule has 0 saturated heterocycles. The summed E-state index contributed by atoms with van der Waals surface area (Å²) in [5.41, 5.74) is 9.06. The predicted octanol–water partition coefficient (Wildman–Crippen LogP) is 5.38. The van der Waals surface area contributed by atoms with Gasteiger partial charge in [0.1, 0.15) is 5.75 Å². The number of primary amides is 1. The average molecular weight is 431 g/mol. The number of ether oxygens (including phenoxy) is 1. The van der Waals surface area contributed by atoms with E-state index < -0.39 is 17.5 Å². The molecule has 0 aliphatic carbocycles. The third-order valence-electron chi connectivity index (χ3n) is 5.48. The molecule has 1 heterocycles. The van der Waals surface area contributed by atoms with Crippen molar-refractivity contribution in [2.24, 2.45) is 5.73 Å². The lowest BCUT2D eigenvalue weighted by Crippen LogP contribution is -2.45. The molecular formula is C25H25N3O4. The van der Waals surface area contributed by atoms with E-state index in [2.05, 4.69) is 4.98 Å². The summed E-state index contributed by atoms with van der Waals surface area (Å²) in [6, 6.07) is 16.8. The molecule has 4 aromatic rings. The number of fused-ring (bicyclic) bond motifs is 3. The predicted molar refractivity (Wildman–Crippen MR) is 127 cm³/mol. The van der Waals surface area contributed by atoms with Crippen LogP contribution in [-0.2, 0) is 0 Å². The summed E-state index contributed by atoms with van der Waals surface area (Å²) in [4.78, 5) is 28.8. The Morgan fingerprint density at radius 3 is 2.38 bits per heavy atom. The molecule has 0 unspecified atom stereocenters. The number of H-pyrrole nitrogens is 1. The van der Waals surface area contributed by atoms with Gasteiger partial charge in [0.2, 0.25) is 0 Å². The number of nitrogens with one attached hydrogen (secondary N) is 1. The number of carbonyl (C=O) groups is 2. The summed E-state index contributed by atoms with van der Waals surface area (Å²) in [5.74, 6) is 0.163. The summed E-state index contributed by atoms with van der Waals surface area (Å²) >= 11 is 0. The van der Waals surface area contributed by atoms with Crippen LogP contribution in [0.25, 0.3) is 32.9 Å². The molecule has 7 nitrogen and oxygen atoms in total. The molecule has 0 saturated carbocycles. The Kier molecular flexibility index (Phi) is 5.05. The lowest BCUT2D eigenvalue weighted by molar-refractivity contribution is 0.100. The van der Waals surface area contributed by atoms with Gasteiger partial charge in [0.05, 0.1) is 18.2 Å². The second-order valence-electron chi connectivity index (χ2n) is 8.69. The van der Waals surface area contributed by atoms with Gasteiger partial charge >= 0.3 is 6.09 Å². The molecule has 0 bridgehead atoms. The molecule has 164 valence electrons. The number of rotatable bonds is 4. The van der Waals surface area contributed by atoms with Crippen LogP contribution in [0.5, 0.6) is 5.75 Å². The van der Waals surface area contributed by atoms with E-state index in [1.807, 2.05) is 57.2 Å². The first-order valence-corrected chi connectivity index (χ1v) is 10.2. The minimum absolute atomic E-state index is 0.365. The highest BCUT2D eigenvalue weighted by atomic mass is 16.5. The molecule has 3 aromatic carbocycles. The molecule has 4 rings (SSSR count). The number of hydrogen-bond donors (Lipinski definition) is 3. The van der Waals surface area contributed by atoms with Crippen molar-refractivity contribution in [3.63, 3.8) is 0 Å². The Morgan fingerprint density at radius 2 is 1.75 bits per heavy atom. The van der Waals surface area contributed by atoms with Crippen LogP contribution in [0.2, 0.25) is 0 Å². The fourth-order valence-corrected chi connectivity index (χ4v) is 4.08. The number of aromatic amines is 1. The van der Waals surface area contributed by atoms with Crippen LogP contribution < -0.4 is 15.4 Å². The van der Waals surface area contributed by atoms with Gasteiger partial charge in [-0.25, -0.2) is 4.79 Å². The van der Waals surface area contributed by atoms with Gasteiger partial charge in [-0.15, -0.1) is 0 Å². The molecule has 32 heavy (non-hydrogen) atoms. The van der Waals surface area contributed by atoms with E-state index in [1.165, 1.54) is 4.90 Å². The Bertz CT molecular complexity index is 1370. The largest absolute Gasteiger partial charge is 0.497 e. The van der Waals surface area contributed by atoms with Crippen LogP contribution in [-0.4, -0.2) is 34.7 Å². The van der Waals surface area contributed by atoms with Crippen LogP contribution in [0, 0.1) is 0 Å². The van der Waals surface area contributed by atoms with Crippen molar-refractivity contribution in [3.8, 4) is 16.9 Å². The second-order valence-corrected chi connectivity index (χ2v) is 8.69.